The fourth-order valence-electron chi connectivity index (χ4n) is 1.16. The molecule has 1 aromatic heterocycles. The first-order valence-electron chi connectivity index (χ1n) is 5.39. The molecule has 0 radical (unpaired) electrons. The van der Waals surface area contributed by atoms with E-state index in [2.05, 4.69) is 10.3 Å². The number of carbonyl (C=O) groups is 1. The van der Waals surface area contributed by atoms with Gasteiger partial charge in [-0.25, -0.2) is 0 Å². The van der Waals surface area contributed by atoms with E-state index < -0.39 is 0 Å². The Kier molecular flexibility index (Phi) is 6.42. The Bertz CT molecular complexity index is 385. The van der Waals surface area contributed by atoms with Gasteiger partial charge in [-0.3, -0.25) is 9.59 Å². The summed E-state index contributed by atoms with van der Waals surface area (Å²) in [6.45, 7) is 0.783. The molecule has 1 amide bonds. The quantitative estimate of drug-likeness (QED) is 0.610. The lowest BCUT2D eigenvalue weighted by Crippen LogP contribution is -2.26. The van der Waals surface area contributed by atoms with Crippen LogP contribution in [-0.4, -0.2) is 40.7 Å². The molecule has 0 atom stereocenters. The highest BCUT2D eigenvalue weighted by Gasteiger charge is 2.03. The lowest BCUT2D eigenvalue weighted by molar-refractivity contribution is 0.0956. The van der Waals surface area contributed by atoms with Crippen molar-refractivity contribution < 1.29 is 9.90 Å². The molecule has 5 nitrogen and oxygen atoms in total. The summed E-state index contributed by atoms with van der Waals surface area (Å²) >= 11 is 1.68. The lowest BCUT2D eigenvalue weighted by Gasteiger charge is -2.04. The Balaban J connectivity index is 2.21. The van der Waals surface area contributed by atoms with E-state index in [1.807, 2.05) is 0 Å². The van der Waals surface area contributed by atoms with E-state index in [-0.39, 0.29) is 18.1 Å². The predicted octanol–water partition coefficient (Wildman–Crippen LogP) is 0.220. The number of nitrogens with one attached hydrogen (secondary N) is 2. The number of carbonyl (C=O) groups excluding carboxylic acids is 1. The second-order valence-electron chi connectivity index (χ2n) is 3.39. The second kappa shape index (κ2) is 7.92. The number of aromatic amines is 1. The van der Waals surface area contributed by atoms with Crippen LogP contribution in [0.3, 0.4) is 0 Å². The first-order valence-corrected chi connectivity index (χ1v) is 6.55. The fraction of sp³-hybridized carbons (Fsp3) is 0.455. The number of amides is 1. The molecule has 0 saturated heterocycles. The summed E-state index contributed by atoms with van der Waals surface area (Å²) in [4.78, 5) is 24.8. The van der Waals surface area contributed by atoms with E-state index in [9.17, 15) is 9.59 Å². The first-order chi connectivity index (χ1) is 8.24. The molecule has 3 N–H and O–H groups in total. The highest BCUT2D eigenvalue weighted by atomic mass is 32.2. The number of aliphatic hydroxyl groups is 1. The average Bonchev–Trinajstić information content (AvgIpc) is 2.34. The van der Waals surface area contributed by atoms with Gasteiger partial charge in [-0.05, 0) is 18.2 Å². The Morgan fingerprint density at radius 2 is 2.24 bits per heavy atom. The normalized spacial score (nSPS) is 10.2. The van der Waals surface area contributed by atoms with E-state index in [0.717, 1.165) is 17.9 Å². The van der Waals surface area contributed by atoms with Crippen molar-refractivity contribution in [1.82, 2.24) is 10.3 Å². The van der Waals surface area contributed by atoms with Gasteiger partial charge >= 0.3 is 0 Å². The summed E-state index contributed by atoms with van der Waals surface area (Å²) in [6, 6.07) is 2.82. The Morgan fingerprint density at radius 1 is 1.41 bits per heavy atom. The molecule has 17 heavy (non-hydrogen) atoms. The summed E-state index contributed by atoms with van der Waals surface area (Å²) in [6.07, 6.45) is 2.18. The lowest BCUT2D eigenvalue weighted by atomic mass is 10.3. The SMILES string of the molecule is O=C(NCCSCCCO)c1ccc(=O)[nH]c1. The molecule has 0 aliphatic rings. The monoisotopic (exact) mass is 256 g/mol. The van der Waals surface area contributed by atoms with Crippen LogP contribution in [0.25, 0.3) is 0 Å². The number of aromatic nitrogens is 1. The van der Waals surface area contributed by atoms with Crippen molar-refractivity contribution in [3.63, 3.8) is 0 Å². The van der Waals surface area contributed by atoms with E-state index in [1.165, 1.54) is 18.3 Å². The van der Waals surface area contributed by atoms with E-state index in [0.29, 0.717) is 12.1 Å². The van der Waals surface area contributed by atoms with Crippen molar-refractivity contribution in [2.45, 2.75) is 6.42 Å². The zero-order chi connectivity index (χ0) is 12.5. The van der Waals surface area contributed by atoms with Gasteiger partial charge in [0.2, 0.25) is 5.56 Å². The third kappa shape index (κ3) is 5.55. The van der Waals surface area contributed by atoms with Gasteiger partial charge < -0.3 is 15.4 Å². The molecule has 0 unspecified atom stereocenters. The number of pyridine rings is 1. The summed E-state index contributed by atoms with van der Waals surface area (Å²) in [5.74, 6) is 1.52. The molecule has 0 bridgehead atoms. The van der Waals surface area contributed by atoms with Crippen molar-refractivity contribution in [2.24, 2.45) is 0 Å². The van der Waals surface area contributed by atoms with E-state index in [4.69, 9.17) is 5.11 Å². The van der Waals surface area contributed by atoms with Crippen LogP contribution in [0.1, 0.15) is 16.8 Å². The van der Waals surface area contributed by atoms with Crippen LogP contribution in [0, 0.1) is 0 Å². The highest BCUT2D eigenvalue weighted by Crippen LogP contribution is 2.00. The van der Waals surface area contributed by atoms with Gasteiger partial charge in [0.25, 0.3) is 5.91 Å². The molecule has 0 aliphatic carbocycles. The zero-order valence-corrected chi connectivity index (χ0v) is 10.3. The van der Waals surface area contributed by atoms with Gasteiger partial charge in [0.1, 0.15) is 0 Å². The largest absolute Gasteiger partial charge is 0.396 e. The maximum absolute atomic E-state index is 11.6. The molecule has 0 spiro atoms. The summed E-state index contributed by atoms with van der Waals surface area (Å²) in [5, 5.41) is 11.3. The highest BCUT2D eigenvalue weighted by molar-refractivity contribution is 7.99. The molecule has 0 fully saturated rings. The number of thioether (sulfide) groups is 1. The number of rotatable bonds is 7. The molecular formula is C11H16N2O3S. The van der Waals surface area contributed by atoms with Gasteiger partial charge in [-0.2, -0.15) is 11.8 Å². The van der Waals surface area contributed by atoms with Gasteiger partial charge in [0.05, 0.1) is 5.56 Å². The van der Waals surface area contributed by atoms with Gasteiger partial charge in [0, 0.05) is 31.2 Å². The minimum Gasteiger partial charge on any atom is -0.396 e. The Labute approximate surface area is 104 Å². The van der Waals surface area contributed by atoms with Gasteiger partial charge in [-0.15, -0.1) is 0 Å². The van der Waals surface area contributed by atoms with Gasteiger partial charge in [-0.1, -0.05) is 0 Å². The third-order valence-electron chi connectivity index (χ3n) is 2.03. The fourth-order valence-corrected chi connectivity index (χ4v) is 1.94. The second-order valence-corrected chi connectivity index (χ2v) is 4.61. The molecule has 1 heterocycles. The third-order valence-corrected chi connectivity index (χ3v) is 3.10. The Hall–Kier alpha value is -1.27. The van der Waals surface area contributed by atoms with Crippen LogP contribution in [0.5, 0.6) is 0 Å². The zero-order valence-electron chi connectivity index (χ0n) is 9.44. The summed E-state index contributed by atoms with van der Waals surface area (Å²) in [7, 11) is 0. The number of hydrogen-bond donors (Lipinski definition) is 3. The number of hydrogen-bond acceptors (Lipinski definition) is 4. The van der Waals surface area contributed by atoms with Crippen LogP contribution in [0.4, 0.5) is 0 Å². The van der Waals surface area contributed by atoms with Crippen molar-refractivity contribution >= 4 is 17.7 Å². The molecule has 0 aromatic carbocycles. The minimum atomic E-state index is -0.221. The number of H-pyrrole nitrogens is 1. The maximum Gasteiger partial charge on any atom is 0.252 e. The minimum absolute atomic E-state index is 0.191. The van der Waals surface area contributed by atoms with Crippen molar-refractivity contribution in [2.75, 3.05) is 24.7 Å². The van der Waals surface area contributed by atoms with Crippen LogP contribution in [0.2, 0.25) is 0 Å². The predicted molar refractivity (Wildman–Crippen MR) is 68.4 cm³/mol. The Morgan fingerprint density at radius 3 is 2.88 bits per heavy atom. The van der Waals surface area contributed by atoms with Crippen LogP contribution < -0.4 is 10.9 Å². The molecule has 0 saturated carbocycles. The molecule has 1 aromatic rings. The average molecular weight is 256 g/mol. The molecule has 0 aliphatic heterocycles. The number of aliphatic hydroxyl groups excluding tert-OH is 1. The van der Waals surface area contributed by atoms with Crippen molar-refractivity contribution in [3.05, 3.63) is 34.2 Å². The molecular weight excluding hydrogens is 240 g/mol. The smallest absolute Gasteiger partial charge is 0.252 e. The van der Waals surface area contributed by atoms with Crippen LogP contribution >= 0.6 is 11.8 Å². The van der Waals surface area contributed by atoms with Crippen molar-refractivity contribution in [1.29, 1.82) is 0 Å². The maximum atomic E-state index is 11.6. The van der Waals surface area contributed by atoms with Crippen LogP contribution in [-0.2, 0) is 0 Å². The molecule has 1 rings (SSSR count). The summed E-state index contributed by atoms with van der Waals surface area (Å²) in [5.41, 5.74) is 0.228. The van der Waals surface area contributed by atoms with E-state index >= 15 is 0 Å². The topological polar surface area (TPSA) is 82.2 Å². The molecule has 6 heteroatoms. The van der Waals surface area contributed by atoms with Gasteiger partial charge in [0.15, 0.2) is 0 Å². The first kappa shape index (κ1) is 13.8. The standard InChI is InChI=1S/C11H16N2O3S/c14-5-1-6-17-7-4-12-11(16)9-2-3-10(15)13-8-9/h2-3,8,14H,1,4-7H2,(H,12,16)(H,13,15). The van der Waals surface area contributed by atoms with Crippen LogP contribution in [0.15, 0.2) is 23.1 Å². The van der Waals surface area contributed by atoms with Crippen molar-refractivity contribution in [3.8, 4) is 0 Å². The summed E-state index contributed by atoms with van der Waals surface area (Å²) < 4.78 is 0. The molecule has 94 valence electrons. The van der Waals surface area contributed by atoms with E-state index in [1.54, 1.807) is 11.8 Å².